The van der Waals surface area contributed by atoms with E-state index in [1.165, 1.54) is 28.3 Å². The van der Waals surface area contributed by atoms with E-state index in [2.05, 4.69) is 36.4 Å². The molecule has 2 bridgehead atoms. The lowest BCUT2D eigenvalue weighted by atomic mass is 9.91. The van der Waals surface area contributed by atoms with Crippen LogP contribution in [0.3, 0.4) is 0 Å². The molecule has 4 rings (SSSR count). The van der Waals surface area contributed by atoms with E-state index in [0.29, 0.717) is 11.8 Å². The Morgan fingerprint density at radius 1 is 1.06 bits per heavy atom. The predicted molar refractivity (Wildman–Crippen MR) is 69.7 cm³/mol. The monoisotopic (exact) mass is 222 g/mol. The summed E-state index contributed by atoms with van der Waals surface area (Å²) < 4.78 is 5.34. The van der Waals surface area contributed by atoms with Crippen molar-refractivity contribution in [3.05, 3.63) is 53.6 Å². The number of allylic oxidation sites excluding steroid dienone is 2. The third-order valence-corrected chi connectivity index (χ3v) is 4.16. The molecule has 1 nitrogen and oxygen atoms in total. The van der Waals surface area contributed by atoms with Gasteiger partial charge in [-0.15, -0.1) is 0 Å². The van der Waals surface area contributed by atoms with E-state index in [1.54, 1.807) is 7.11 Å². The van der Waals surface area contributed by atoms with Gasteiger partial charge in [-0.3, -0.25) is 0 Å². The van der Waals surface area contributed by atoms with Gasteiger partial charge in [-0.25, -0.2) is 0 Å². The van der Waals surface area contributed by atoms with Gasteiger partial charge in [-0.2, -0.15) is 0 Å². The molecule has 2 aliphatic rings. The lowest BCUT2D eigenvalue weighted by molar-refractivity contribution is 0.415. The van der Waals surface area contributed by atoms with Crippen molar-refractivity contribution >= 4 is 10.8 Å². The van der Waals surface area contributed by atoms with Crippen molar-refractivity contribution in [2.75, 3.05) is 7.11 Å². The van der Waals surface area contributed by atoms with Crippen molar-refractivity contribution in [2.45, 2.75) is 18.3 Å². The van der Waals surface area contributed by atoms with E-state index in [-0.39, 0.29) is 0 Å². The van der Waals surface area contributed by atoms with Gasteiger partial charge in [0.1, 0.15) is 5.75 Å². The van der Waals surface area contributed by atoms with Crippen LogP contribution in [0.2, 0.25) is 0 Å². The first kappa shape index (κ1) is 9.29. The molecule has 0 N–H and O–H groups in total. The molecule has 0 saturated heterocycles. The van der Waals surface area contributed by atoms with E-state index in [9.17, 15) is 0 Å². The molecule has 2 unspecified atom stereocenters. The lowest BCUT2D eigenvalue weighted by Gasteiger charge is -2.14. The number of ether oxygens (including phenoxy) is 1. The van der Waals surface area contributed by atoms with Crippen molar-refractivity contribution in [3.8, 4) is 5.75 Å². The topological polar surface area (TPSA) is 9.23 Å². The highest BCUT2D eigenvalue weighted by atomic mass is 16.5. The average Bonchev–Trinajstić information content (AvgIpc) is 2.99. The number of methoxy groups -OCH3 is 1. The zero-order chi connectivity index (χ0) is 11.4. The third-order valence-electron chi connectivity index (χ3n) is 4.16. The first-order chi connectivity index (χ1) is 8.36. The molecule has 0 radical (unpaired) electrons. The SMILES string of the molecule is COc1ccc2ccc3c(c2c1)C1C=CC3C1. The minimum atomic E-state index is 0.630. The summed E-state index contributed by atoms with van der Waals surface area (Å²) >= 11 is 0. The molecule has 0 saturated carbocycles. The van der Waals surface area contributed by atoms with E-state index >= 15 is 0 Å². The molecule has 0 amide bonds. The Kier molecular flexibility index (Phi) is 1.71. The highest BCUT2D eigenvalue weighted by Gasteiger charge is 2.33. The second-order valence-electron chi connectivity index (χ2n) is 4.99. The molecule has 2 aromatic rings. The van der Waals surface area contributed by atoms with Gasteiger partial charge in [0.25, 0.3) is 0 Å². The standard InChI is InChI=1S/C16H14O/c1-17-13-6-4-10-5-7-14-11-2-3-12(8-11)16(14)15(10)9-13/h2-7,9,11-12H,8H2,1H3. The fourth-order valence-electron chi connectivity index (χ4n) is 3.35. The zero-order valence-corrected chi connectivity index (χ0v) is 9.81. The number of rotatable bonds is 1. The van der Waals surface area contributed by atoms with Crippen LogP contribution < -0.4 is 4.74 Å². The summed E-state index contributed by atoms with van der Waals surface area (Å²) in [5.74, 6) is 2.24. The summed E-state index contributed by atoms with van der Waals surface area (Å²) in [5, 5.41) is 2.70. The minimum absolute atomic E-state index is 0.630. The molecular formula is C16H14O. The van der Waals surface area contributed by atoms with Crippen molar-refractivity contribution in [1.29, 1.82) is 0 Å². The van der Waals surface area contributed by atoms with E-state index < -0.39 is 0 Å². The summed E-state index contributed by atoms with van der Waals surface area (Å²) in [7, 11) is 1.73. The summed E-state index contributed by atoms with van der Waals surface area (Å²) in [6.45, 7) is 0. The molecule has 0 aliphatic heterocycles. The predicted octanol–water partition coefficient (Wildman–Crippen LogP) is 3.99. The Morgan fingerprint density at radius 3 is 2.76 bits per heavy atom. The third kappa shape index (κ3) is 1.14. The summed E-state index contributed by atoms with van der Waals surface area (Å²) in [4.78, 5) is 0. The van der Waals surface area contributed by atoms with Crippen LogP contribution in [0, 0.1) is 0 Å². The molecular weight excluding hydrogens is 208 g/mol. The molecule has 0 spiro atoms. The summed E-state index contributed by atoms with van der Waals surface area (Å²) in [6, 6.07) is 10.9. The summed E-state index contributed by atoms with van der Waals surface area (Å²) in [6.07, 6.45) is 6.00. The fourth-order valence-corrected chi connectivity index (χ4v) is 3.35. The van der Waals surface area contributed by atoms with Gasteiger partial charge < -0.3 is 4.74 Å². The molecule has 1 heteroatoms. The van der Waals surface area contributed by atoms with Gasteiger partial charge in [0.05, 0.1) is 7.11 Å². The second-order valence-corrected chi connectivity index (χ2v) is 4.99. The molecule has 2 aliphatic carbocycles. The van der Waals surface area contributed by atoms with Gasteiger partial charge >= 0.3 is 0 Å². The number of hydrogen-bond donors (Lipinski definition) is 0. The van der Waals surface area contributed by atoms with Gasteiger partial charge in [-0.1, -0.05) is 30.4 Å². The van der Waals surface area contributed by atoms with Crippen LogP contribution in [-0.2, 0) is 0 Å². The number of benzene rings is 2. The number of hydrogen-bond acceptors (Lipinski definition) is 1. The first-order valence-corrected chi connectivity index (χ1v) is 6.15. The normalized spacial score (nSPS) is 24.3. The van der Waals surface area contributed by atoms with Crippen molar-refractivity contribution < 1.29 is 4.74 Å². The maximum absolute atomic E-state index is 5.34. The second kappa shape index (κ2) is 3.13. The molecule has 2 aromatic carbocycles. The van der Waals surface area contributed by atoms with Gasteiger partial charge in [0.15, 0.2) is 0 Å². The largest absolute Gasteiger partial charge is 0.497 e. The molecule has 0 fully saturated rings. The Hall–Kier alpha value is -1.76. The fraction of sp³-hybridized carbons (Fsp3) is 0.250. The van der Waals surface area contributed by atoms with Crippen molar-refractivity contribution in [3.63, 3.8) is 0 Å². The Bertz CT molecular complexity index is 639. The van der Waals surface area contributed by atoms with E-state index in [4.69, 9.17) is 4.74 Å². The average molecular weight is 222 g/mol. The zero-order valence-electron chi connectivity index (χ0n) is 9.81. The molecule has 0 heterocycles. The molecule has 0 aromatic heterocycles. The van der Waals surface area contributed by atoms with Crippen LogP contribution in [0.4, 0.5) is 0 Å². The highest BCUT2D eigenvalue weighted by molar-refractivity contribution is 5.90. The number of fused-ring (bicyclic) bond motifs is 7. The summed E-state index contributed by atoms with van der Waals surface area (Å²) in [5.41, 5.74) is 3.06. The van der Waals surface area contributed by atoms with Crippen LogP contribution in [0.1, 0.15) is 29.4 Å². The highest BCUT2D eigenvalue weighted by Crippen LogP contribution is 2.51. The first-order valence-electron chi connectivity index (χ1n) is 6.15. The Labute approximate surface area is 101 Å². The van der Waals surface area contributed by atoms with Crippen LogP contribution in [0.15, 0.2) is 42.5 Å². The Balaban J connectivity index is 2.06. The van der Waals surface area contributed by atoms with Gasteiger partial charge in [-0.05, 0) is 40.5 Å². The van der Waals surface area contributed by atoms with E-state index in [1.807, 2.05) is 6.07 Å². The van der Waals surface area contributed by atoms with E-state index in [0.717, 1.165) is 5.75 Å². The smallest absolute Gasteiger partial charge is 0.119 e. The van der Waals surface area contributed by atoms with Crippen molar-refractivity contribution in [1.82, 2.24) is 0 Å². The van der Waals surface area contributed by atoms with Crippen molar-refractivity contribution in [2.24, 2.45) is 0 Å². The minimum Gasteiger partial charge on any atom is -0.497 e. The van der Waals surface area contributed by atoms with Gasteiger partial charge in [0, 0.05) is 11.8 Å². The maximum atomic E-state index is 5.34. The van der Waals surface area contributed by atoms with Crippen LogP contribution in [0.5, 0.6) is 5.75 Å². The maximum Gasteiger partial charge on any atom is 0.119 e. The van der Waals surface area contributed by atoms with Crippen LogP contribution >= 0.6 is 0 Å². The quantitative estimate of drug-likeness (QED) is 0.663. The van der Waals surface area contributed by atoms with Crippen LogP contribution in [-0.4, -0.2) is 7.11 Å². The molecule has 84 valence electrons. The van der Waals surface area contributed by atoms with Crippen LogP contribution in [0.25, 0.3) is 10.8 Å². The lowest BCUT2D eigenvalue weighted by Crippen LogP contribution is -1.94. The van der Waals surface area contributed by atoms with Gasteiger partial charge in [0.2, 0.25) is 0 Å². The molecule has 17 heavy (non-hydrogen) atoms. The molecule has 2 atom stereocenters. The Morgan fingerprint density at radius 2 is 1.88 bits per heavy atom.